The van der Waals surface area contributed by atoms with Gasteiger partial charge in [-0.1, -0.05) is 17.7 Å². The van der Waals surface area contributed by atoms with E-state index in [9.17, 15) is 9.59 Å². The Bertz CT molecular complexity index is 717. The number of carbonyl (C=O) groups excluding carboxylic acids is 2. The number of nitrogens with zero attached hydrogens (tertiary/aromatic N) is 2. The molecule has 0 bridgehead atoms. The monoisotopic (exact) mass is 317 g/mol. The Balaban J connectivity index is 2.11. The van der Waals surface area contributed by atoms with E-state index in [-0.39, 0.29) is 5.69 Å². The van der Waals surface area contributed by atoms with Crippen molar-refractivity contribution in [2.75, 3.05) is 0 Å². The van der Waals surface area contributed by atoms with Crippen molar-refractivity contribution in [2.45, 2.75) is 6.92 Å². The summed E-state index contributed by atoms with van der Waals surface area (Å²) in [6.07, 6.45) is 2.85. The molecular formula is C15H12ClN3O3. The van der Waals surface area contributed by atoms with Gasteiger partial charge in [0.1, 0.15) is 11.4 Å². The molecule has 7 heteroatoms. The van der Waals surface area contributed by atoms with Crippen LogP contribution in [0.5, 0.6) is 5.75 Å². The maximum atomic E-state index is 11.8. The lowest BCUT2D eigenvalue weighted by molar-refractivity contribution is -0.131. The van der Waals surface area contributed by atoms with Gasteiger partial charge in [-0.05, 0) is 30.3 Å². The highest BCUT2D eigenvalue weighted by molar-refractivity contribution is 6.30. The highest BCUT2D eigenvalue weighted by Gasteiger charge is 2.07. The number of amides is 1. The fraction of sp³-hybridized carbons (Fsp3) is 0.0667. The molecule has 1 amide bonds. The molecule has 2 aromatic rings. The minimum absolute atomic E-state index is 0.242. The summed E-state index contributed by atoms with van der Waals surface area (Å²) in [5, 5.41) is 4.26. The van der Waals surface area contributed by atoms with Crippen LogP contribution in [0, 0.1) is 0 Å². The summed E-state index contributed by atoms with van der Waals surface area (Å²) in [5.41, 5.74) is 3.04. The summed E-state index contributed by atoms with van der Waals surface area (Å²) in [4.78, 5) is 26.7. The average molecular weight is 318 g/mol. The summed E-state index contributed by atoms with van der Waals surface area (Å²) < 4.78 is 5.03. The Morgan fingerprint density at radius 1 is 1.32 bits per heavy atom. The van der Waals surface area contributed by atoms with E-state index in [0.29, 0.717) is 16.3 Å². The van der Waals surface area contributed by atoms with Crippen LogP contribution in [0.4, 0.5) is 0 Å². The van der Waals surface area contributed by atoms with Gasteiger partial charge in [0, 0.05) is 23.7 Å². The molecule has 0 saturated heterocycles. The number of pyridine rings is 1. The molecule has 0 atom stereocenters. The Hall–Kier alpha value is -2.73. The van der Waals surface area contributed by atoms with Crippen LogP contribution in [0.3, 0.4) is 0 Å². The fourth-order valence-electron chi connectivity index (χ4n) is 1.58. The van der Waals surface area contributed by atoms with E-state index in [1.54, 1.807) is 36.4 Å². The molecule has 112 valence electrons. The normalized spacial score (nSPS) is 10.5. The SMILES string of the molecule is CC(=O)Oc1ccc(Cl)cc1/C=N/NC(=O)c1ccccn1. The summed E-state index contributed by atoms with van der Waals surface area (Å²) in [6, 6.07) is 9.67. The molecule has 1 aromatic carbocycles. The van der Waals surface area contributed by atoms with E-state index in [1.807, 2.05) is 0 Å². The number of aromatic nitrogens is 1. The second-order valence-corrected chi connectivity index (χ2v) is 4.63. The molecule has 0 aliphatic carbocycles. The van der Waals surface area contributed by atoms with Gasteiger partial charge in [0.2, 0.25) is 0 Å². The molecule has 0 aliphatic heterocycles. The Kier molecular flexibility index (Phi) is 5.21. The van der Waals surface area contributed by atoms with E-state index in [4.69, 9.17) is 16.3 Å². The standard InChI is InChI=1S/C15H12ClN3O3/c1-10(20)22-14-6-5-12(16)8-11(14)9-18-19-15(21)13-4-2-3-7-17-13/h2-9H,1H3,(H,19,21)/b18-9+. The van der Waals surface area contributed by atoms with Crippen LogP contribution < -0.4 is 10.2 Å². The molecule has 0 aliphatic rings. The van der Waals surface area contributed by atoms with Crippen molar-refractivity contribution in [3.05, 3.63) is 58.9 Å². The predicted octanol–water partition coefficient (Wildman–Crippen LogP) is 2.42. The minimum Gasteiger partial charge on any atom is -0.426 e. The number of benzene rings is 1. The molecule has 1 N–H and O–H groups in total. The number of hydrogen-bond donors (Lipinski definition) is 1. The number of hydrogen-bond acceptors (Lipinski definition) is 5. The maximum Gasteiger partial charge on any atom is 0.308 e. The van der Waals surface area contributed by atoms with Gasteiger partial charge in [-0.2, -0.15) is 5.10 Å². The second kappa shape index (κ2) is 7.33. The van der Waals surface area contributed by atoms with Gasteiger partial charge < -0.3 is 4.74 Å². The molecule has 0 radical (unpaired) electrons. The minimum atomic E-state index is -0.463. The van der Waals surface area contributed by atoms with Crippen LogP contribution in [-0.2, 0) is 4.79 Å². The van der Waals surface area contributed by atoms with Gasteiger partial charge in [-0.15, -0.1) is 0 Å². The molecule has 6 nitrogen and oxygen atoms in total. The van der Waals surface area contributed by atoms with Crippen LogP contribution in [0.25, 0.3) is 0 Å². The van der Waals surface area contributed by atoms with E-state index >= 15 is 0 Å². The zero-order chi connectivity index (χ0) is 15.9. The lowest BCUT2D eigenvalue weighted by Crippen LogP contribution is -2.18. The van der Waals surface area contributed by atoms with Crippen LogP contribution in [-0.4, -0.2) is 23.1 Å². The number of ether oxygens (including phenoxy) is 1. The van der Waals surface area contributed by atoms with Gasteiger partial charge in [0.25, 0.3) is 5.91 Å². The third kappa shape index (κ3) is 4.39. The quantitative estimate of drug-likeness (QED) is 0.406. The molecular weight excluding hydrogens is 306 g/mol. The Morgan fingerprint density at radius 2 is 2.14 bits per heavy atom. The van der Waals surface area contributed by atoms with E-state index in [1.165, 1.54) is 19.3 Å². The van der Waals surface area contributed by atoms with Crippen molar-refractivity contribution in [3.63, 3.8) is 0 Å². The van der Waals surface area contributed by atoms with Gasteiger partial charge in [0.05, 0.1) is 6.21 Å². The smallest absolute Gasteiger partial charge is 0.308 e. The number of hydrazone groups is 1. The number of nitrogens with one attached hydrogen (secondary N) is 1. The number of rotatable bonds is 4. The predicted molar refractivity (Wildman–Crippen MR) is 82.1 cm³/mol. The highest BCUT2D eigenvalue weighted by Crippen LogP contribution is 2.21. The Labute approximate surface area is 131 Å². The largest absolute Gasteiger partial charge is 0.426 e. The Morgan fingerprint density at radius 3 is 2.82 bits per heavy atom. The van der Waals surface area contributed by atoms with Crippen molar-refractivity contribution in [1.29, 1.82) is 0 Å². The van der Waals surface area contributed by atoms with Crippen molar-refractivity contribution >= 4 is 29.7 Å². The first-order valence-electron chi connectivity index (χ1n) is 6.28. The van der Waals surface area contributed by atoms with E-state index in [0.717, 1.165) is 0 Å². The lowest BCUT2D eigenvalue weighted by atomic mass is 10.2. The molecule has 1 heterocycles. The first kappa shape index (κ1) is 15.7. The molecule has 1 aromatic heterocycles. The van der Waals surface area contributed by atoms with Crippen LogP contribution in [0.2, 0.25) is 5.02 Å². The second-order valence-electron chi connectivity index (χ2n) is 4.19. The lowest BCUT2D eigenvalue weighted by Gasteiger charge is -2.05. The van der Waals surface area contributed by atoms with Gasteiger partial charge in [-0.3, -0.25) is 14.6 Å². The molecule has 0 fully saturated rings. The number of carbonyl (C=O) groups is 2. The van der Waals surface area contributed by atoms with Gasteiger partial charge in [0.15, 0.2) is 0 Å². The van der Waals surface area contributed by atoms with Crippen molar-refractivity contribution in [2.24, 2.45) is 5.10 Å². The van der Waals surface area contributed by atoms with Crippen LogP contribution in [0.1, 0.15) is 23.0 Å². The first-order valence-corrected chi connectivity index (χ1v) is 6.66. The molecule has 0 spiro atoms. The zero-order valence-electron chi connectivity index (χ0n) is 11.6. The summed E-state index contributed by atoms with van der Waals surface area (Å²) >= 11 is 5.89. The molecule has 2 rings (SSSR count). The average Bonchev–Trinajstić information content (AvgIpc) is 2.50. The summed E-state index contributed by atoms with van der Waals surface area (Å²) in [7, 11) is 0. The molecule has 22 heavy (non-hydrogen) atoms. The van der Waals surface area contributed by atoms with Crippen molar-refractivity contribution in [1.82, 2.24) is 10.4 Å². The summed E-state index contributed by atoms with van der Waals surface area (Å²) in [6.45, 7) is 1.29. The topological polar surface area (TPSA) is 80.6 Å². The highest BCUT2D eigenvalue weighted by atomic mass is 35.5. The van der Waals surface area contributed by atoms with Crippen LogP contribution in [0.15, 0.2) is 47.7 Å². The summed E-state index contributed by atoms with van der Waals surface area (Å²) in [5.74, 6) is -0.616. The van der Waals surface area contributed by atoms with E-state index in [2.05, 4.69) is 15.5 Å². The maximum absolute atomic E-state index is 11.8. The van der Waals surface area contributed by atoms with Crippen molar-refractivity contribution in [3.8, 4) is 5.75 Å². The van der Waals surface area contributed by atoms with Crippen molar-refractivity contribution < 1.29 is 14.3 Å². The number of esters is 1. The molecule has 0 unspecified atom stereocenters. The molecule has 0 saturated carbocycles. The van der Waals surface area contributed by atoms with Crippen LogP contribution >= 0.6 is 11.6 Å². The number of halogens is 1. The zero-order valence-corrected chi connectivity index (χ0v) is 12.4. The van der Waals surface area contributed by atoms with Gasteiger partial charge in [-0.25, -0.2) is 5.43 Å². The first-order chi connectivity index (χ1) is 10.6. The third-order valence-electron chi connectivity index (χ3n) is 2.49. The van der Waals surface area contributed by atoms with E-state index < -0.39 is 11.9 Å². The fourth-order valence-corrected chi connectivity index (χ4v) is 1.76. The third-order valence-corrected chi connectivity index (χ3v) is 2.73. The van der Waals surface area contributed by atoms with Gasteiger partial charge >= 0.3 is 5.97 Å².